The van der Waals surface area contributed by atoms with Crippen LogP contribution in [0.3, 0.4) is 0 Å². The fourth-order valence-electron chi connectivity index (χ4n) is 4.38. The molecule has 1 saturated heterocycles. The molecule has 0 bridgehead atoms. The van der Waals surface area contributed by atoms with Crippen molar-refractivity contribution in [2.75, 3.05) is 36.4 Å². The monoisotopic (exact) mass is 493 g/mol. The molecule has 0 atom stereocenters. The van der Waals surface area contributed by atoms with Gasteiger partial charge in [0.05, 0.1) is 11.4 Å². The minimum atomic E-state index is -0.265. The zero-order chi connectivity index (χ0) is 26.2. The van der Waals surface area contributed by atoms with Gasteiger partial charge in [-0.25, -0.2) is 4.99 Å². The number of hydrogen-bond acceptors (Lipinski definition) is 5. The van der Waals surface area contributed by atoms with Crippen LogP contribution in [0.5, 0.6) is 0 Å². The molecular formula is C30H31N5O2. The van der Waals surface area contributed by atoms with Crippen LogP contribution in [0.4, 0.5) is 17.1 Å². The van der Waals surface area contributed by atoms with Crippen molar-refractivity contribution in [3.63, 3.8) is 0 Å². The van der Waals surface area contributed by atoms with Crippen LogP contribution in [-0.2, 0) is 9.59 Å². The topological polar surface area (TPSA) is 77.4 Å². The zero-order valence-corrected chi connectivity index (χ0v) is 21.1. The minimum absolute atomic E-state index is 0.211. The third-order valence-electron chi connectivity index (χ3n) is 6.31. The summed E-state index contributed by atoms with van der Waals surface area (Å²) < 4.78 is 0. The van der Waals surface area contributed by atoms with E-state index in [0.717, 1.165) is 60.0 Å². The molecule has 0 saturated carbocycles. The molecule has 188 valence electrons. The number of benzene rings is 2. The van der Waals surface area contributed by atoms with E-state index in [-0.39, 0.29) is 11.8 Å². The number of amides is 2. The van der Waals surface area contributed by atoms with E-state index in [4.69, 9.17) is 4.99 Å². The van der Waals surface area contributed by atoms with Gasteiger partial charge in [-0.1, -0.05) is 43.9 Å². The highest BCUT2D eigenvalue weighted by atomic mass is 16.2. The lowest BCUT2D eigenvalue weighted by molar-refractivity contribution is -0.131. The van der Waals surface area contributed by atoms with E-state index in [9.17, 15) is 9.59 Å². The number of anilines is 2. The molecule has 1 N–H and O–H groups in total. The van der Waals surface area contributed by atoms with Crippen molar-refractivity contribution in [1.82, 2.24) is 4.90 Å². The number of aliphatic imine (C=N–C) groups is 2. The third-order valence-corrected chi connectivity index (χ3v) is 6.31. The first-order valence-electron chi connectivity index (χ1n) is 12.3. The molecule has 1 aliphatic heterocycles. The first-order chi connectivity index (χ1) is 18.0. The summed E-state index contributed by atoms with van der Waals surface area (Å²) in [5.74, 6) is -0.0545. The smallest absolute Gasteiger partial charge is 0.247 e. The summed E-state index contributed by atoms with van der Waals surface area (Å²) in [6.45, 7) is 12.1. The van der Waals surface area contributed by atoms with Gasteiger partial charge in [-0.05, 0) is 54.8 Å². The van der Waals surface area contributed by atoms with Crippen molar-refractivity contribution < 1.29 is 9.59 Å². The number of rotatable bonds is 7. The molecule has 7 heteroatoms. The molecular weight excluding hydrogens is 462 g/mol. The van der Waals surface area contributed by atoms with Crippen molar-refractivity contribution in [2.45, 2.75) is 13.3 Å². The Bertz CT molecular complexity index is 1310. The number of hydrogen-bond donors (Lipinski definition) is 1. The molecule has 2 aliphatic rings. The summed E-state index contributed by atoms with van der Waals surface area (Å²) in [4.78, 5) is 36.9. The predicted octanol–water partition coefficient (Wildman–Crippen LogP) is 5.18. The van der Waals surface area contributed by atoms with Gasteiger partial charge >= 0.3 is 0 Å². The number of nitrogens with zero attached hydrogens (tertiary/aromatic N) is 4. The van der Waals surface area contributed by atoms with E-state index < -0.39 is 0 Å². The maximum Gasteiger partial charge on any atom is 0.247 e. The normalized spacial score (nSPS) is 17.5. The highest BCUT2D eigenvalue weighted by molar-refractivity contribution is 6.34. The number of carbonyl (C=O) groups excluding carboxylic acids is 2. The fraction of sp³-hybridized carbons (Fsp3) is 0.200. The van der Waals surface area contributed by atoms with Crippen LogP contribution in [-0.4, -0.2) is 55.3 Å². The van der Waals surface area contributed by atoms with E-state index in [2.05, 4.69) is 40.6 Å². The molecule has 2 amide bonds. The first kappa shape index (κ1) is 25.6. The Morgan fingerprint density at radius 2 is 1.84 bits per heavy atom. The van der Waals surface area contributed by atoms with Crippen molar-refractivity contribution in [2.24, 2.45) is 9.98 Å². The lowest BCUT2D eigenvalue weighted by atomic mass is 9.91. The van der Waals surface area contributed by atoms with Gasteiger partial charge in [0.2, 0.25) is 11.8 Å². The van der Waals surface area contributed by atoms with Crippen molar-refractivity contribution in [1.29, 1.82) is 0 Å². The van der Waals surface area contributed by atoms with Gasteiger partial charge in [0.15, 0.2) is 0 Å². The molecule has 4 rings (SSSR count). The highest BCUT2D eigenvalue weighted by Gasteiger charge is 2.20. The molecule has 0 radical (unpaired) electrons. The van der Waals surface area contributed by atoms with E-state index >= 15 is 0 Å². The Hall–Kier alpha value is -4.52. The maximum atomic E-state index is 12.0. The molecule has 1 fully saturated rings. The van der Waals surface area contributed by atoms with Crippen LogP contribution in [0.25, 0.3) is 5.57 Å². The van der Waals surface area contributed by atoms with Crippen molar-refractivity contribution in [3.8, 4) is 0 Å². The second-order valence-electron chi connectivity index (χ2n) is 8.68. The number of piperazine rings is 1. The Morgan fingerprint density at radius 3 is 2.51 bits per heavy atom. The summed E-state index contributed by atoms with van der Waals surface area (Å²) in [6.07, 6.45) is 9.38. The van der Waals surface area contributed by atoms with E-state index in [1.807, 2.05) is 66.4 Å². The predicted molar refractivity (Wildman–Crippen MR) is 153 cm³/mol. The number of nitrogens with one attached hydrogen (secondary N) is 1. The van der Waals surface area contributed by atoms with Crippen LogP contribution in [0.2, 0.25) is 0 Å². The molecule has 0 aromatic heterocycles. The van der Waals surface area contributed by atoms with Crippen LogP contribution < -0.4 is 10.2 Å². The Morgan fingerprint density at radius 1 is 1.08 bits per heavy atom. The molecule has 7 nitrogen and oxygen atoms in total. The summed E-state index contributed by atoms with van der Waals surface area (Å²) in [5.41, 5.74) is 6.03. The summed E-state index contributed by atoms with van der Waals surface area (Å²) in [7, 11) is 0. The number of allylic oxidation sites excluding steroid dienone is 5. The van der Waals surface area contributed by atoms with Crippen molar-refractivity contribution >= 4 is 46.9 Å². The van der Waals surface area contributed by atoms with Crippen LogP contribution >= 0.6 is 0 Å². The lowest BCUT2D eigenvalue weighted by Gasteiger charge is -2.36. The van der Waals surface area contributed by atoms with Gasteiger partial charge in [-0.15, -0.1) is 0 Å². The molecule has 1 aliphatic carbocycles. The van der Waals surface area contributed by atoms with Gasteiger partial charge in [0, 0.05) is 61.3 Å². The molecule has 0 spiro atoms. The second-order valence-corrected chi connectivity index (χ2v) is 8.68. The highest BCUT2D eigenvalue weighted by Crippen LogP contribution is 2.30. The first-order valence-corrected chi connectivity index (χ1v) is 12.3. The minimum Gasteiger partial charge on any atom is -0.368 e. The van der Waals surface area contributed by atoms with Crippen LogP contribution in [0, 0.1) is 0 Å². The van der Waals surface area contributed by atoms with Gasteiger partial charge in [0.1, 0.15) is 0 Å². The summed E-state index contributed by atoms with van der Waals surface area (Å²) in [6, 6.07) is 15.8. The van der Waals surface area contributed by atoms with Crippen molar-refractivity contribution in [3.05, 3.63) is 96.8 Å². The summed E-state index contributed by atoms with van der Waals surface area (Å²) in [5, 5.41) is 2.81. The molecule has 0 unspecified atom stereocenters. The van der Waals surface area contributed by atoms with Gasteiger partial charge < -0.3 is 15.1 Å². The Balaban J connectivity index is 1.59. The SMILES string of the molecule is C=CC(=O)Nc1cccc(C2=CC=C/C(=C/N=C)C2=Nc2ccc(N3CCN(C(=O)CC)CC3)cc2)c1. The largest absolute Gasteiger partial charge is 0.368 e. The average molecular weight is 494 g/mol. The van der Waals surface area contributed by atoms with Crippen LogP contribution in [0.1, 0.15) is 18.9 Å². The summed E-state index contributed by atoms with van der Waals surface area (Å²) >= 11 is 0. The third kappa shape index (κ3) is 6.19. The van der Waals surface area contributed by atoms with E-state index in [1.54, 1.807) is 6.20 Å². The Labute approximate surface area is 217 Å². The molecule has 2 aromatic carbocycles. The standard InChI is InChI=1S/C30H31N5O2/c1-4-28(36)32-25-10-6-8-22(20-25)27-11-7-9-23(21-31-3)30(27)33-24-12-14-26(15-13-24)34-16-18-35(19-17-34)29(37)5-2/h4,6-15,20-21H,1,3,5,16-19H2,2H3,(H,32,36)/b23-21-,33-30?. The molecule has 37 heavy (non-hydrogen) atoms. The van der Waals surface area contributed by atoms with Gasteiger partial charge in [-0.2, -0.15) is 0 Å². The van der Waals surface area contributed by atoms with Gasteiger partial charge in [0.25, 0.3) is 0 Å². The fourth-order valence-corrected chi connectivity index (χ4v) is 4.38. The van der Waals surface area contributed by atoms with Crippen LogP contribution in [0.15, 0.2) is 101 Å². The quantitative estimate of drug-likeness (QED) is 0.427. The zero-order valence-electron chi connectivity index (χ0n) is 21.1. The Kier molecular flexibility index (Phi) is 8.26. The van der Waals surface area contributed by atoms with E-state index in [0.29, 0.717) is 12.1 Å². The molecule has 2 aromatic rings. The second kappa shape index (κ2) is 11.9. The molecule has 1 heterocycles. The average Bonchev–Trinajstić information content (AvgIpc) is 2.94. The maximum absolute atomic E-state index is 12.0. The van der Waals surface area contributed by atoms with Gasteiger partial charge in [-0.3, -0.25) is 14.6 Å². The lowest BCUT2D eigenvalue weighted by Crippen LogP contribution is -2.48. The number of carbonyl (C=O) groups is 2. The van der Waals surface area contributed by atoms with E-state index in [1.165, 1.54) is 6.08 Å².